The molecule has 0 spiro atoms. The second-order valence-electron chi connectivity index (χ2n) is 10.1. The Hall–Kier alpha value is -4.38. The topological polar surface area (TPSA) is 126 Å². The molecule has 2 heterocycles. The summed E-state index contributed by atoms with van der Waals surface area (Å²) in [5, 5.41) is 3.07. The zero-order valence-electron chi connectivity index (χ0n) is 22.9. The van der Waals surface area contributed by atoms with Gasteiger partial charge in [0.05, 0.1) is 17.4 Å². The van der Waals surface area contributed by atoms with Crippen LogP contribution in [0.4, 0.5) is 4.79 Å². The van der Waals surface area contributed by atoms with Crippen molar-refractivity contribution >= 4 is 33.1 Å². The maximum Gasteiger partial charge on any atom is 0.408 e. The Morgan fingerprint density at radius 3 is 2.30 bits per heavy atom. The van der Waals surface area contributed by atoms with Crippen molar-refractivity contribution in [2.45, 2.75) is 50.7 Å². The lowest BCUT2D eigenvalue weighted by Gasteiger charge is -2.22. The first-order valence-electron chi connectivity index (χ1n) is 12.5. The van der Waals surface area contributed by atoms with Crippen LogP contribution in [0.25, 0.3) is 11.0 Å². The molecule has 11 heteroatoms. The van der Waals surface area contributed by atoms with E-state index in [9.17, 15) is 18.0 Å². The predicted molar refractivity (Wildman–Crippen MR) is 149 cm³/mol. The molecular weight excluding hydrogens is 534 g/mol. The molecule has 0 saturated carbocycles. The van der Waals surface area contributed by atoms with Gasteiger partial charge in [-0.15, -0.1) is 0 Å². The molecule has 40 heavy (non-hydrogen) atoms. The molecule has 0 aliphatic heterocycles. The largest absolute Gasteiger partial charge is 0.467 e. The lowest BCUT2D eigenvalue weighted by molar-refractivity contribution is -0.143. The van der Waals surface area contributed by atoms with Crippen molar-refractivity contribution in [2.75, 3.05) is 7.11 Å². The first kappa shape index (κ1) is 28.6. The summed E-state index contributed by atoms with van der Waals surface area (Å²) in [6.07, 6.45) is 2.39. The number of ether oxygens (including phenoxy) is 3. The van der Waals surface area contributed by atoms with Gasteiger partial charge in [0.25, 0.3) is 10.0 Å². The van der Waals surface area contributed by atoms with Gasteiger partial charge in [-0.05, 0) is 69.7 Å². The van der Waals surface area contributed by atoms with E-state index in [4.69, 9.17) is 14.2 Å². The molecule has 0 bridgehead atoms. The number of nitrogens with one attached hydrogen (secondary N) is 1. The summed E-state index contributed by atoms with van der Waals surface area (Å²) in [6.45, 7) is 7.07. The van der Waals surface area contributed by atoms with Crippen molar-refractivity contribution < 1.29 is 32.2 Å². The SMILES string of the molecule is COC(=O)[C@@H](Cc1ccc(Oc2ccnc3c2ccn3S(=O)(=O)c2ccc(C)cc2)cc1)NC(=O)OC(C)(C)C. The number of hydrogen-bond acceptors (Lipinski definition) is 8. The quantitative estimate of drug-likeness (QED) is 0.297. The minimum absolute atomic E-state index is 0.158. The third kappa shape index (κ3) is 6.60. The summed E-state index contributed by atoms with van der Waals surface area (Å²) < 4.78 is 43.7. The van der Waals surface area contributed by atoms with Gasteiger partial charge in [0.2, 0.25) is 0 Å². The van der Waals surface area contributed by atoms with E-state index >= 15 is 0 Å². The van der Waals surface area contributed by atoms with Crippen LogP contribution in [0, 0.1) is 6.92 Å². The van der Waals surface area contributed by atoms with Crippen molar-refractivity contribution in [1.82, 2.24) is 14.3 Å². The Bertz CT molecular complexity index is 1620. The number of rotatable bonds is 8. The summed E-state index contributed by atoms with van der Waals surface area (Å²) >= 11 is 0. The highest BCUT2D eigenvalue weighted by atomic mass is 32.2. The van der Waals surface area contributed by atoms with E-state index in [0.717, 1.165) is 15.1 Å². The first-order chi connectivity index (χ1) is 18.9. The number of aryl methyl sites for hydroxylation is 1. The zero-order valence-corrected chi connectivity index (χ0v) is 23.7. The van der Waals surface area contributed by atoms with E-state index in [1.807, 2.05) is 6.92 Å². The summed E-state index contributed by atoms with van der Waals surface area (Å²) in [4.78, 5) is 28.9. The number of methoxy groups -OCH3 is 1. The van der Waals surface area contributed by atoms with Gasteiger partial charge < -0.3 is 19.5 Å². The van der Waals surface area contributed by atoms with Gasteiger partial charge in [0.15, 0.2) is 5.65 Å². The van der Waals surface area contributed by atoms with Crippen LogP contribution in [0.5, 0.6) is 11.5 Å². The minimum Gasteiger partial charge on any atom is -0.467 e. The van der Waals surface area contributed by atoms with E-state index < -0.39 is 33.7 Å². The molecule has 1 atom stereocenters. The number of pyridine rings is 1. The monoisotopic (exact) mass is 565 g/mol. The fourth-order valence-electron chi connectivity index (χ4n) is 3.94. The van der Waals surface area contributed by atoms with Gasteiger partial charge in [-0.1, -0.05) is 29.8 Å². The van der Waals surface area contributed by atoms with Gasteiger partial charge in [0.1, 0.15) is 23.1 Å². The number of benzene rings is 2. The summed E-state index contributed by atoms with van der Waals surface area (Å²) in [6, 6.07) is 15.9. The molecule has 4 rings (SSSR count). The van der Waals surface area contributed by atoms with Crippen LogP contribution in [0.2, 0.25) is 0 Å². The van der Waals surface area contributed by atoms with E-state index in [2.05, 4.69) is 10.3 Å². The van der Waals surface area contributed by atoms with Crippen LogP contribution >= 0.6 is 0 Å². The second-order valence-corrected chi connectivity index (χ2v) is 12.0. The Kier molecular flexibility index (Phi) is 8.15. The standard InChI is InChI=1S/C29H31N3O7S/c1-19-6-12-22(13-7-19)40(35,36)32-17-15-23-25(14-16-30-26(23)32)38-21-10-8-20(9-11-21)18-24(27(33)37-5)31-28(34)39-29(2,3)4/h6-17,24H,18H2,1-5H3,(H,31,34)/t24-/m1/s1. The Balaban J connectivity index is 1.52. The van der Waals surface area contributed by atoms with Crippen LogP contribution in [-0.2, 0) is 30.7 Å². The lowest BCUT2D eigenvalue weighted by Crippen LogP contribution is -2.45. The average Bonchev–Trinajstić information content (AvgIpc) is 3.34. The number of alkyl carbamates (subject to hydrolysis) is 1. The minimum atomic E-state index is -3.85. The summed E-state index contributed by atoms with van der Waals surface area (Å²) in [7, 11) is -2.60. The van der Waals surface area contributed by atoms with E-state index in [1.165, 1.54) is 19.5 Å². The fourth-order valence-corrected chi connectivity index (χ4v) is 5.24. The molecule has 10 nitrogen and oxygen atoms in total. The smallest absolute Gasteiger partial charge is 0.408 e. The Morgan fingerprint density at radius 1 is 1.00 bits per heavy atom. The Labute approximate surface area is 232 Å². The molecule has 0 saturated heterocycles. The number of aromatic nitrogens is 2. The number of hydrogen-bond donors (Lipinski definition) is 1. The highest BCUT2D eigenvalue weighted by Gasteiger charge is 2.25. The molecule has 2 aromatic carbocycles. The number of fused-ring (bicyclic) bond motifs is 1. The van der Waals surface area contributed by atoms with E-state index in [-0.39, 0.29) is 17.0 Å². The number of carbonyl (C=O) groups excluding carboxylic acids is 2. The van der Waals surface area contributed by atoms with Crippen LogP contribution in [0.3, 0.4) is 0 Å². The van der Waals surface area contributed by atoms with Crippen LogP contribution in [0.15, 0.2) is 78.0 Å². The zero-order chi connectivity index (χ0) is 29.1. The summed E-state index contributed by atoms with van der Waals surface area (Å²) in [5.74, 6) is 0.310. The van der Waals surface area contributed by atoms with E-state index in [0.29, 0.717) is 16.9 Å². The normalized spacial score (nSPS) is 12.5. The molecular formula is C29H31N3O7S. The second kappa shape index (κ2) is 11.4. The van der Waals surface area contributed by atoms with Crippen molar-refractivity contribution in [2.24, 2.45) is 0 Å². The molecule has 1 N–H and O–H groups in total. The Morgan fingerprint density at radius 2 is 1.68 bits per heavy atom. The van der Waals surface area contributed by atoms with Gasteiger partial charge in [0, 0.05) is 18.8 Å². The molecule has 0 aliphatic carbocycles. The van der Waals surface area contributed by atoms with Gasteiger partial charge in [-0.25, -0.2) is 27.0 Å². The molecule has 0 aliphatic rings. The first-order valence-corrected chi connectivity index (χ1v) is 13.9. The van der Waals surface area contributed by atoms with E-state index in [1.54, 1.807) is 81.4 Å². The van der Waals surface area contributed by atoms with Gasteiger partial charge in [-0.3, -0.25) is 0 Å². The van der Waals surface area contributed by atoms with Crippen molar-refractivity contribution in [3.8, 4) is 11.5 Å². The van der Waals surface area contributed by atoms with Crippen LogP contribution in [-0.4, -0.2) is 48.2 Å². The number of carbonyl (C=O) groups is 2. The highest BCUT2D eigenvalue weighted by Crippen LogP contribution is 2.31. The third-order valence-electron chi connectivity index (χ3n) is 5.86. The third-order valence-corrected chi connectivity index (χ3v) is 7.54. The number of esters is 1. The van der Waals surface area contributed by atoms with Gasteiger partial charge >= 0.3 is 12.1 Å². The molecule has 1 amide bonds. The van der Waals surface area contributed by atoms with Gasteiger partial charge in [-0.2, -0.15) is 0 Å². The average molecular weight is 566 g/mol. The van der Waals surface area contributed by atoms with Crippen molar-refractivity contribution in [3.05, 3.63) is 84.2 Å². The van der Waals surface area contributed by atoms with Crippen molar-refractivity contribution in [3.63, 3.8) is 0 Å². The lowest BCUT2D eigenvalue weighted by atomic mass is 10.1. The molecule has 2 aromatic heterocycles. The number of nitrogens with zero attached hydrogens (tertiary/aromatic N) is 2. The highest BCUT2D eigenvalue weighted by molar-refractivity contribution is 7.90. The molecule has 4 aromatic rings. The maximum absolute atomic E-state index is 13.2. The molecule has 210 valence electrons. The molecule has 0 fully saturated rings. The summed E-state index contributed by atoms with van der Waals surface area (Å²) in [5.41, 5.74) is 1.22. The predicted octanol–water partition coefficient (Wildman–Crippen LogP) is 4.98. The van der Waals surface area contributed by atoms with Crippen molar-refractivity contribution in [1.29, 1.82) is 0 Å². The molecule has 0 unspecified atom stereocenters. The van der Waals surface area contributed by atoms with Crippen LogP contribution in [0.1, 0.15) is 31.9 Å². The molecule has 0 radical (unpaired) electrons. The van der Waals surface area contributed by atoms with Crippen LogP contribution < -0.4 is 10.1 Å². The fraction of sp³-hybridized carbons (Fsp3) is 0.276. The number of amides is 1. The maximum atomic E-state index is 13.2.